The van der Waals surface area contributed by atoms with Crippen molar-refractivity contribution in [3.63, 3.8) is 0 Å². The van der Waals surface area contributed by atoms with Crippen LogP contribution in [0.4, 0.5) is 10.1 Å². The van der Waals surface area contributed by atoms with E-state index in [9.17, 15) is 18.8 Å². The van der Waals surface area contributed by atoms with Gasteiger partial charge in [-0.05, 0) is 35.7 Å². The largest absolute Gasteiger partial charge is 0.456 e. The molecule has 2 aromatic rings. The molecule has 0 fully saturated rings. The van der Waals surface area contributed by atoms with Crippen molar-refractivity contribution >= 4 is 23.5 Å². The molecule has 2 amide bonds. The topological polar surface area (TPSA) is 75.7 Å². The van der Waals surface area contributed by atoms with Gasteiger partial charge in [-0.3, -0.25) is 14.4 Å². The molecular formula is C21H23FN2O4. The summed E-state index contributed by atoms with van der Waals surface area (Å²) in [5.74, 6) is -1.84. The van der Waals surface area contributed by atoms with Crippen LogP contribution in [0.15, 0.2) is 54.6 Å². The van der Waals surface area contributed by atoms with Gasteiger partial charge in [0, 0.05) is 12.7 Å². The minimum Gasteiger partial charge on any atom is -0.456 e. The Kier molecular flexibility index (Phi) is 7.68. The Labute approximate surface area is 163 Å². The molecule has 0 saturated carbocycles. The Morgan fingerprint density at radius 3 is 2.36 bits per heavy atom. The Hall–Kier alpha value is -3.22. The minimum absolute atomic E-state index is 0.0250. The number of nitrogens with one attached hydrogen (secondary N) is 1. The predicted octanol–water partition coefficient (Wildman–Crippen LogP) is 2.96. The molecule has 0 aliphatic rings. The molecule has 0 unspecified atom stereocenters. The number of hydrogen-bond donors (Lipinski definition) is 1. The second kappa shape index (κ2) is 10.2. The van der Waals surface area contributed by atoms with E-state index in [-0.39, 0.29) is 18.9 Å². The molecule has 0 radical (unpaired) electrons. The van der Waals surface area contributed by atoms with Gasteiger partial charge in [0.05, 0.1) is 13.0 Å². The van der Waals surface area contributed by atoms with E-state index in [1.54, 1.807) is 0 Å². The molecule has 1 N–H and O–H groups in total. The summed E-state index contributed by atoms with van der Waals surface area (Å²) in [5, 5.41) is 2.56. The number of benzene rings is 2. The van der Waals surface area contributed by atoms with Gasteiger partial charge in [0.2, 0.25) is 5.91 Å². The number of anilines is 1. The monoisotopic (exact) mass is 386 g/mol. The number of rotatable bonds is 8. The molecule has 0 spiro atoms. The van der Waals surface area contributed by atoms with Crippen molar-refractivity contribution in [2.45, 2.75) is 19.3 Å². The fraction of sp³-hybridized carbons (Fsp3) is 0.286. The highest BCUT2D eigenvalue weighted by molar-refractivity contribution is 5.94. The lowest BCUT2D eigenvalue weighted by Crippen LogP contribution is -2.37. The summed E-state index contributed by atoms with van der Waals surface area (Å²) in [6.07, 6.45) is 0.159. The molecule has 6 nitrogen and oxygen atoms in total. The van der Waals surface area contributed by atoms with Crippen LogP contribution < -0.4 is 5.32 Å². The van der Waals surface area contributed by atoms with Gasteiger partial charge in [0.25, 0.3) is 5.91 Å². The second-order valence-corrected chi connectivity index (χ2v) is 6.48. The third-order valence-corrected chi connectivity index (χ3v) is 4.13. The summed E-state index contributed by atoms with van der Waals surface area (Å²) in [7, 11) is 1.44. The Morgan fingerprint density at radius 2 is 1.71 bits per heavy atom. The van der Waals surface area contributed by atoms with Crippen molar-refractivity contribution in [2.24, 2.45) is 0 Å². The summed E-state index contributed by atoms with van der Waals surface area (Å²) in [6.45, 7) is 1.26. The average molecular weight is 386 g/mol. The van der Waals surface area contributed by atoms with Crippen molar-refractivity contribution in [3.8, 4) is 0 Å². The maximum atomic E-state index is 12.9. The fourth-order valence-corrected chi connectivity index (χ4v) is 2.50. The van der Waals surface area contributed by atoms with Crippen molar-refractivity contribution < 1.29 is 23.5 Å². The summed E-state index contributed by atoms with van der Waals surface area (Å²) in [6, 6.07) is 14.8. The van der Waals surface area contributed by atoms with Crippen LogP contribution in [0.1, 0.15) is 24.8 Å². The summed E-state index contributed by atoms with van der Waals surface area (Å²) < 4.78 is 17.9. The van der Waals surface area contributed by atoms with Crippen LogP contribution >= 0.6 is 0 Å². The van der Waals surface area contributed by atoms with E-state index in [1.165, 1.54) is 31.3 Å². The van der Waals surface area contributed by atoms with Gasteiger partial charge in [0.1, 0.15) is 5.82 Å². The molecular weight excluding hydrogens is 363 g/mol. The first-order valence-corrected chi connectivity index (χ1v) is 8.85. The molecule has 0 aliphatic heterocycles. The van der Waals surface area contributed by atoms with Crippen molar-refractivity contribution in [1.82, 2.24) is 4.90 Å². The SMILES string of the molecule is C[C@@H](CC(=O)OCC(=O)N(C)CC(=O)Nc1ccc(F)cc1)c1ccccc1. The summed E-state index contributed by atoms with van der Waals surface area (Å²) >= 11 is 0. The van der Waals surface area contributed by atoms with Gasteiger partial charge in [-0.25, -0.2) is 4.39 Å². The highest BCUT2D eigenvalue weighted by Gasteiger charge is 2.17. The first-order valence-electron chi connectivity index (χ1n) is 8.85. The number of likely N-dealkylation sites (N-methyl/N-ethyl adjacent to an activating group) is 1. The molecule has 0 aliphatic carbocycles. The van der Waals surface area contributed by atoms with Crippen LogP contribution in [0, 0.1) is 5.82 Å². The molecule has 1 atom stereocenters. The van der Waals surface area contributed by atoms with Crippen LogP contribution in [-0.4, -0.2) is 42.9 Å². The van der Waals surface area contributed by atoms with Gasteiger partial charge < -0.3 is 15.0 Å². The first kappa shape index (κ1) is 21.1. The lowest BCUT2D eigenvalue weighted by atomic mass is 9.98. The van der Waals surface area contributed by atoms with Crippen LogP contribution in [0.5, 0.6) is 0 Å². The molecule has 7 heteroatoms. The zero-order chi connectivity index (χ0) is 20.5. The number of halogens is 1. The van der Waals surface area contributed by atoms with Gasteiger partial charge in [-0.1, -0.05) is 37.3 Å². The van der Waals surface area contributed by atoms with Gasteiger partial charge >= 0.3 is 5.97 Å². The molecule has 2 rings (SSSR count). The standard InChI is InChI=1S/C21H23FN2O4/c1-15(16-6-4-3-5-7-16)12-21(27)28-14-20(26)24(2)13-19(25)23-18-10-8-17(22)9-11-18/h3-11,15H,12-14H2,1-2H3,(H,23,25)/t15-/m0/s1. The van der Waals surface area contributed by atoms with Gasteiger partial charge in [-0.2, -0.15) is 0 Å². The number of carbonyl (C=O) groups excluding carboxylic acids is 3. The lowest BCUT2D eigenvalue weighted by molar-refractivity contribution is -0.152. The van der Waals surface area contributed by atoms with Gasteiger partial charge in [0.15, 0.2) is 6.61 Å². The number of nitrogens with zero attached hydrogens (tertiary/aromatic N) is 1. The number of hydrogen-bond acceptors (Lipinski definition) is 4. The molecule has 0 bridgehead atoms. The van der Waals surface area contributed by atoms with E-state index in [2.05, 4.69) is 5.32 Å². The van der Waals surface area contributed by atoms with E-state index in [0.717, 1.165) is 10.5 Å². The minimum atomic E-state index is -0.491. The number of carbonyl (C=O) groups is 3. The van der Waals surface area contributed by atoms with E-state index in [4.69, 9.17) is 4.74 Å². The van der Waals surface area contributed by atoms with Crippen LogP contribution in [0.25, 0.3) is 0 Å². The fourth-order valence-electron chi connectivity index (χ4n) is 2.50. The van der Waals surface area contributed by atoms with E-state index < -0.39 is 30.2 Å². The Balaban J connectivity index is 1.73. The zero-order valence-corrected chi connectivity index (χ0v) is 15.9. The van der Waals surface area contributed by atoms with Gasteiger partial charge in [-0.15, -0.1) is 0 Å². The third-order valence-electron chi connectivity index (χ3n) is 4.13. The quantitative estimate of drug-likeness (QED) is 0.708. The van der Waals surface area contributed by atoms with Crippen molar-refractivity contribution in [1.29, 1.82) is 0 Å². The Morgan fingerprint density at radius 1 is 1.07 bits per heavy atom. The maximum Gasteiger partial charge on any atom is 0.306 e. The molecule has 0 heterocycles. The normalized spacial score (nSPS) is 11.4. The Bertz CT molecular complexity index is 809. The van der Waals surface area contributed by atoms with E-state index in [0.29, 0.717) is 5.69 Å². The highest BCUT2D eigenvalue weighted by Crippen LogP contribution is 2.18. The molecule has 0 aromatic heterocycles. The summed E-state index contributed by atoms with van der Waals surface area (Å²) in [5.41, 5.74) is 1.44. The number of amides is 2. The molecule has 0 saturated heterocycles. The highest BCUT2D eigenvalue weighted by atomic mass is 19.1. The maximum absolute atomic E-state index is 12.9. The third kappa shape index (κ3) is 6.83. The van der Waals surface area contributed by atoms with Crippen molar-refractivity contribution in [3.05, 3.63) is 66.0 Å². The molecule has 28 heavy (non-hydrogen) atoms. The average Bonchev–Trinajstić information content (AvgIpc) is 2.68. The number of esters is 1. The van der Waals surface area contributed by atoms with E-state index >= 15 is 0 Å². The second-order valence-electron chi connectivity index (χ2n) is 6.48. The summed E-state index contributed by atoms with van der Waals surface area (Å²) in [4.78, 5) is 37.1. The van der Waals surface area contributed by atoms with E-state index in [1.807, 2.05) is 37.3 Å². The smallest absolute Gasteiger partial charge is 0.306 e. The van der Waals surface area contributed by atoms with Crippen LogP contribution in [-0.2, 0) is 19.1 Å². The number of ether oxygens (including phenoxy) is 1. The predicted molar refractivity (Wildman–Crippen MR) is 103 cm³/mol. The zero-order valence-electron chi connectivity index (χ0n) is 15.9. The van der Waals surface area contributed by atoms with Crippen molar-refractivity contribution in [2.75, 3.05) is 25.5 Å². The molecule has 2 aromatic carbocycles. The van der Waals surface area contributed by atoms with Crippen LogP contribution in [0.2, 0.25) is 0 Å². The molecule has 148 valence electrons. The van der Waals surface area contributed by atoms with Crippen LogP contribution in [0.3, 0.4) is 0 Å². The lowest BCUT2D eigenvalue weighted by Gasteiger charge is -2.17. The first-order chi connectivity index (χ1) is 13.3.